The highest BCUT2D eigenvalue weighted by molar-refractivity contribution is 5.50. The van der Waals surface area contributed by atoms with Crippen LogP contribution in [-0.4, -0.2) is 10.2 Å². The number of phenolic OH excluding ortho intramolecular Hbond substituents is 2. The number of rotatable bonds is 3. The van der Waals surface area contributed by atoms with Gasteiger partial charge in [-0.25, -0.2) is 0 Å². The van der Waals surface area contributed by atoms with E-state index in [4.69, 9.17) is 0 Å². The number of benzene rings is 2. The monoisotopic (exact) mass is 226 g/mol. The average Bonchev–Trinajstić information content (AvgIpc) is 2.35. The standard InChI is InChI=1S/C15H14O2/c16-14-10-9-13(11-15(14)17)8-4-7-12-5-2-1-3-6-12/h1-7,9-11,16-17H,8H2/b7-4+. The van der Waals surface area contributed by atoms with Crippen LogP contribution in [0.2, 0.25) is 0 Å². The zero-order chi connectivity index (χ0) is 12.1. The first-order valence-electron chi connectivity index (χ1n) is 5.48. The number of phenols is 2. The first-order valence-corrected chi connectivity index (χ1v) is 5.48. The van der Waals surface area contributed by atoms with Crippen molar-refractivity contribution >= 4 is 6.08 Å². The van der Waals surface area contributed by atoms with Crippen molar-refractivity contribution in [1.82, 2.24) is 0 Å². The normalized spacial score (nSPS) is 10.8. The quantitative estimate of drug-likeness (QED) is 0.788. The fourth-order valence-electron chi connectivity index (χ4n) is 1.59. The largest absolute Gasteiger partial charge is 0.504 e. The zero-order valence-corrected chi connectivity index (χ0v) is 9.38. The predicted molar refractivity (Wildman–Crippen MR) is 69.0 cm³/mol. The van der Waals surface area contributed by atoms with E-state index in [1.54, 1.807) is 12.1 Å². The summed E-state index contributed by atoms with van der Waals surface area (Å²) in [6.45, 7) is 0. The van der Waals surface area contributed by atoms with E-state index < -0.39 is 0 Å². The van der Waals surface area contributed by atoms with E-state index in [9.17, 15) is 10.2 Å². The van der Waals surface area contributed by atoms with Gasteiger partial charge in [0.1, 0.15) is 0 Å². The Hall–Kier alpha value is -2.22. The van der Waals surface area contributed by atoms with Gasteiger partial charge in [-0.05, 0) is 29.7 Å². The molecule has 2 heteroatoms. The summed E-state index contributed by atoms with van der Waals surface area (Å²) in [6, 6.07) is 14.9. The van der Waals surface area contributed by atoms with Crippen molar-refractivity contribution in [3.8, 4) is 11.5 Å². The summed E-state index contributed by atoms with van der Waals surface area (Å²) in [5.74, 6) is -0.156. The molecule has 0 aromatic heterocycles. The molecule has 0 aliphatic rings. The maximum Gasteiger partial charge on any atom is 0.157 e. The third-order valence-electron chi connectivity index (χ3n) is 2.50. The van der Waals surface area contributed by atoms with Crippen LogP contribution in [-0.2, 0) is 6.42 Å². The van der Waals surface area contributed by atoms with Crippen LogP contribution in [0, 0.1) is 0 Å². The highest BCUT2D eigenvalue weighted by Gasteiger charge is 1.98. The lowest BCUT2D eigenvalue weighted by Crippen LogP contribution is -1.80. The number of allylic oxidation sites excluding steroid dienone is 1. The van der Waals surface area contributed by atoms with Crippen molar-refractivity contribution in [2.45, 2.75) is 6.42 Å². The molecule has 17 heavy (non-hydrogen) atoms. The van der Waals surface area contributed by atoms with Crippen LogP contribution in [0.15, 0.2) is 54.6 Å². The molecule has 86 valence electrons. The second kappa shape index (κ2) is 5.21. The van der Waals surface area contributed by atoms with Crippen LogP contribution in [0.25, 0.3) is 6.08 Å². The van der Waals surface area contributed by atoms with Gasteiger partial charge in [0.15, 0.2) is 11.5 Å². The Labute approximate surface area is 100 Å². The predicted octanol–water partition coefficient (Wildman–Crippen LogP) is 3.35. The first-order chi connectivity index (χ1) is 8.25. The Morgan fingerprint density at radius 1 is 0.882 bits per heavy atom. The maximum absolute atomic E-state index is 9.34. The molecular formula is C15H14O2. The summed E-state index contributed by atoms with van der Waals surface area (Å²) < 4.78 is 0. The second-order valence-electron chi connectivity index (χ2n) is 3.84. The number of hydrogen-bond acceptors (Lipinski definition) is 2. The molecule has 2 aromatic carbocycles. The fourth-order valence-corrected chi connectivity index (χ4v) is 1.59. The van der Waals surface area contributed by atoms with Crippen LogP contribution >= 0.6 is 0 Å². The third-order valence-corrected chi connectivity index (χ3v) is 2.50. The first kappa shape index (κ1) is 11.3. The highest BCUT2D eigenvalue weighted by atomic mass is 16.3. The summed E-state index contributed by atoms with van der Waals surface area (Å²) in [4.78, 5) is 0. The van der Waals surface area contributed by atoms with Crippen molar-refractivity contribution in [3.63, 3.8) is 0 Å². The summed E-state index contributed by atoms with van der Waals surface area (Å²) >= 11 is 0. The summed E-state index contributed by atoms with van der Waals surface area (Å²) in [7, 11) is 0. The minimum Gasteiger partial charge on any atom is -0.504 e. The van der Waals surface area contributed by atoms with E-state index in [-0.39, 0.29) is 11.5 Å². The summed E-state index contributed by atoms with van der Waals surface area (Å²) in [5, 5.41) is 18.5. The van der Waals surface area contributed by atoms with Gasteiger partial charge in [0.25, 0.3) is 0 Å². The lowest BCUT2D eigenvalue weighted by atomic mass is 10.1. The average molecular weight is 226 g/mol. The Balaban J connectivity index is 2.03. The van der Waals surface area contributed by atoms with Gasteiger partial charge in [0.05, 0.1) is 0 Å². The van der Waals surface area contributed by atoms with Crippen LogP contribution < -0.4 is 0 Å². The molecule has 0 radical (unpaired) electrons. The molecule has 2 N–H and O–H groups in total. The Bertz CT molecular complexity index is 516. The molecule has 0 aliphatic carbocycles. The van der Waals surface area contributed by atoms with E-state index in [1.807, 2.05) is 42.5 Å². The van der Waals surface area contributed by atoms with Crippen LogP contribution in [0.3, 0.4) is 0 Å². The van der Waals surface area contributed by atoms with Gasteiger partial charge in [0.2, 0.25) is 0 Å². The lowest BCUT2D eigenvalue weighted by Gasteiger charge is -2.00. The van der Waals surface area contributed by atoms with Gasteiger partial charge >= 0.3 is 0 Å². The van der Waals surface area contributed by atoms with E-state index in [2.05, 4.69) is 0 Å². The smallest absolute Gasteiger partial charge is 0.157 e. The topological polar surface area (TPSA) is 40.5 Å². The third kappa shape index (κ3) is 3.11. The van der Waals surface area contributed by atoms with Crippen molar-refractivity contribution in [2.24, 2.45) is 0 Å². The Morgan fingerprint density at radius 2 is 1.65 bits per heavy atom. The Kier molecular flexibility index (Phi) is 3.46. The van der Waals surface area contributed by atoms with Crippen molar-refractivity contribution in [1.29, 1.82) is 0 Å². The molecule has 0 aliphatic heterocycles. The number of hydrogen-bond donors (Lipinski definition) is 2. The molecule has 0 unspecified atom stereocenters. The summed E-state index contributed by atoms with van der Waals surface area (Å²) in [5.41, 5.74) is 2.11. The fraction of sp³-hybridized carbons (Fsp3) is 0.0667. The van der Waals surface area contributed by atoms with Crippen LogP contribution in [0.1, 0.15) is 11.1 Å². The molecule has 0 atom stereocenters. The maximum atomic E-state index is 9.34. The van der Waals surface area contributed by atoms with Crippen molar-refractivity contribution in [2.75, 3.05) is 0 Å². The second-order valence-corrected chi connectivity index (χ2v) is 3.84. The molecule has 0 amide bonds. The van der Waals surface area contributed by atoms with E-state index >= 15 is 0 Å². The van der Waals surface area contributed by atoms with Crippen LogP contribution in [0.4, 0.5) is 0 Å². The molecule has 0 saturated carbocycles. The van der Waals surface area contributed by atoms with E-state index in [0.717, 1.165) is 17.5 Å². The molecule has 0 bridgehead atoms. The van der Waals surface area contributed by atoms with E-state index in [0.29, 0.717) is 0 Å². The van der Waals surface area contributed by atoms with Gasteiger partial charge in [-0.1, -0.05) is 48.6 Å². The zero-order valence-electron chi connectivity index (χ0n) is 9.38. The van der Waals surface area contributed by atoms with Crippen molar-refractivity contribution < 1.29 is 10.2 Å². The highest BCUT2D eigenvalue weighted by Crippen LogP contribution is 2.25. The molecule has 0 heterocycles. The lowest BCUT2D eigenvalue weighted by molar-refractivity contribution is 0.403. The molecule has 0 spiro atoms. The molecule has 0 saturated heterocycles. The van der Waals surface area contributed by atoms with E-state index in [1.165, 1.54) is 6.07 Å². The Morgan fingerprint density at radius 3 is 2.35 bits per heavy atom. The van der Waals surface area contributed by atoms with Crippen LogP contribution in [0.5, 0.6) is 11.5 Å². The number of aromatic hydroxyl groups is 2. The SMILES string of the molecule is Oc1ccc(C/C=C/c2ccccc2)cc1O. The molecule has 0 fully saturated rings. The van der Waals surface area contributed by atoms with Gasteiger partial charge in [-0.3, -0.25) is 0 Å². The molecule has 2 nitrogen and oxygen atoms in total. The minimum absolute atomic E-state index is 0.0735. The molecule has 2 rings (SSSR count). The van der Waals surface area contributed by atoms with Gasteiger partial charge in [0, 0.05) is 0 Å². The van der Waals surface area contributed by atoms with Gasteiger partial charge in [-0.2, -0.15) is 0 Å². The minimum atomic E-state index is -0.0826. The molecule has 2 aromatic rings. The molecular weight excluding hydrogens is 212 g/mol. The van der Waals surface area contributed by atoms with Crippen molar-refractivity contribution in [3.05, 3.63) is 65.7 Å². The van der Waals surface area contributed by atoms with Gasteiger partial charge < -0.3 is 10.2 Å². The van der Waals surface area contributed by atoms with Gasteiger partial charge in [-0.15, -0.1) is 0 Å². The summed E-state index contributed by atoms with van der Waals surface area (Å²) in [6.07, 6.45) is 4.79.